The van der Waals surface area contributed by atoms with Gasteiger partial charge in [0.1, 0.15) is 6.29 Å². The third-order valence-electron chi connectivity index (χ3n) is 6.95. The Bertz CT molecular complexity index is 891. The second kappa shape index (κ2) is 14.4. The summed E-state index contributed by atoms with van der Waals surface area (Å²) in [5.41, 5.74) is 1.60. The fraction of sp³-hybridized carbons (Fsp3) is 0.630. The Morgan fingerprint density at radius 3 is 2.57 bits per heavy atom. The number of carbonyl (C=O) groups excluding carboxylic acids is 4. The van der Waals surface area contributed by atoms with E-state index in [4.69, 9.17) is 0 Å². The number of hydrogen-bond donors (Lipinski definition) is 1. The Hall–Kier alpha value is -2.19. The number of benzene rings is 1. The zero-order chi connectivity index (χ0) is 25.0. The van der Waals surface area contributed by atoms with Crippen LogP contribution >= 0.6 is 11.8 Å². The lowest BCUT2D eigenvalue weighted by molar-refractivity contribution is -0.137. The Labute approximate surface area is 213 Å². The van der Waals surface area contributed by atoms with Gasteiger partial charge in [-0.1, -0.05) is 37.8 Å². The minimum absolute atomic E-state index is 0.221. The smallest absolute Gasteiger partial charge is 0.243 e. The van der Waals surface area contributed by atoms with Crippen LogP contribution in [-0.4, -0.2) is 65.7 Å². The number of amides is 3. The van der Waals surface area contributed by atoms with Gasteiger partial charge in [-0.3, -0.25) is 29.4 Å². The highest BCUT2D eigenvalue weighted by molar-refractivity contribution is 7.99. The molecule has 0 aromatic heterocycles. The number of nitrogens with one attached hydrogen (secondary N) is 1. The van der Waals surface area contributed by atoms with E-state index in [1.165, 1.54) is 25.7 Å². The van der Waals surface area contributed by atoms with Crippen molar-refractivity contribution in [2.45, 2.75) is 88.1 Å². The van der Waals surface area contributed by atoms with Gasteiger partial charge in [0.25, 0.3) is 0 Å². The van der Waals surface area contributed by atoms with Gasteiger partial charge in [-0.05, 0) is 56.5 Å². The van der Waals surface area contributed by atoms with Crippen LogP contribution in [0.4, 0.5) is 0 Å². The van der Waals surface area contributed by atoms with Crippen molar-refractivity contribution in [3.8, 4) is 0 Å². The molecule has 1 aromatic rings. The number of hydrogen-bond acceptors (Lipinski definition) is 6. The molecule has 8 heteroatoms. The van der Waals surface area contributed by atoms with Crippen molar-refractivity contribution in [2.75, 3.05) is 25.9 Å². The summed E-state index contributed by atoms with van der Waals surface area (Å²) in [5.74, 6) is 0.833. The molecule has 0 bridgehead atoms. The second-order valence-corrected chi connectivity index (χ2v) is 10.8. The van der Waals surface area contributed by atoms with Crippen molar-refractivity contribution >= 4 is 35.8 Å². The number of likely N-dealkylation sites (N-methyl/N-ethyl adjacent to an activating group) is 1. The largest absolute Gasteiger partial charge is 0.343 e. The number of piperidine rings is 2. The second-order valence-electron chi connectivity index (χ2n) is 9.63. The first kappa shape index (κ1) is 27.4. The number of unbranched alkanes of at least 4 members (excludes halogenated alkanes) is 5. The number of aldehydes is 1. The molecule has 0 saturated carbocycles. The first-order valence-corrected chi connectivity index (χ1v) is 14.0. The summed E-state index contributed by atoms with van der Waals surface area (Å²) in [7, 11) is 1.87. The van der Waals surface area contributed by atoms with Crippen LogP contribution in [0.5, 0.6) is 0 Å². The molecule has 2 aliphatic rings. The van der Waals surface area contributed by atoms with Gasteiger partial charge in [0.2, 0.25) is 17.7 Å². The predicted octanol–water partition coefficient (Wildman–Crippen LogP) is 4.18. The Morgan fingerprint density at radius 1 is 1.06 bits per heavy atom. The van der Waals surface area contributed by atoms with Gasteiger partial charge in [0.15, 0.2) is 0 Å². The third-order valence-corrected chi connectivity index (χ3v) is 8.13. The van der Waals surface area contributed by atoms with Crippen molar-refractivity contribution < 1.29 is 19.2 Å². The van der Waals surface area contributed by atoms with Gasteiger partial charge >= 0.3 is 0 Å². The molecule has 1 aromatic carbocycles. The van der Waals surface area contributed by atoms with Gasteiger partial charge in [-0.15, -0.1) is 11.8 Å². The van der Waals surface area contributed by atoms with Crippen LogP contribution in [0.25, 0.3) is 0 Å². The van der Waals surface area contributed by atoms with E-state index in [0.717, 1.165) is 67.7 Å². The van der Waals surface area contributed by atoms with E-state index in [1.54, 1.807) is 11.8 Å². The summed E-state index contributed by atoms with van der Waals surface area (Å²) in [4.78, 5) is 52.3. The Morgan fingerprint density at radius 2 is 1.83 bits per heavy atom. The molecule has 2 aliphatic heterocycles. The van der Waals surface area contributed by atoms with Crippen molar-refractivity contribution in [3.63, 3.8) is 0 Å². The standard InChI is InChI=1S/C27H39N3O4S/c1-29(23-14-15-25(32)28-27(23)34)19-22-21(20-31)11-10-12-24(22)35-18-9-5-3-2-4-7-16-30-17-8-6-13-26(30)33/h10-12,20,23H,2-9,13-19H2,1H3,(H,28,32,34). The van der Waals surface area contributed by atoms with Gasteiger partial charge in [-0.25, -0.2) is 0 Å². The Kier molecular flexibility index (Phi) is 11.3. The van der Waals surface area contributed by atoms with Crippen LogP contribution in [0.3, 0.4) is 0 Å². The molecule has 7 nitrogen and oxygen atoms in total. The molecule has 2 fully saturated rings. The van der Waals surface area contributed by atoms with Crippen LogP contribution in [0.2, 0.25) is 0 Å². The van der Waals surface area contributed by atoms with Crippen LogP contribution in [-0.2, 0) is 20.9 Å². The molecule has 1 atom stereocenters. The van der Waals surface area contributed by atoms with E-state index in [-0.39, 0.29) is 17.9 Å². The molecular weight excluding hydrogens is 462 g/mol. The summed E-state index contributed by atoms with van der Waals surface area (Å²) >= 11 is 1.77. The summed E-state index contributed by atoms with van der Waals surface area (Å²) in [6.07, 6.45) is 11.6. The van der Waals surface area contributed by atoms with Crippen molar-refractivity contribution in [2.24, 2.45) is 0 Å². The van der Waals surface area contributed by atoms with Gasteiger partial charge < -0.3 is 4.90 Å². The quantitative estimate of drug-likeness (QED) is 0.178. The molecule has 2 heterocycles. The summed E-state index contributed by atoms with van der Waals surface area (Å²) in [5, 5.41) is 2.41. The van der Waals surface area contributed by atoms with Gasteiger partial charge in [-0.2, -0.15) is 0 Å². The van der Waals surface area contributed by atoms with Crippen LogP contribution in [0.1, 0.15) is 86.6 Å². The molecule has 0 aliphatic carbocycles. The number of rotatable bonds is 14. The highest BCUT2D eigenvalue weighted by Gasteiger charge is 2.30. The Balaban J connectivity index is 1.38. The van der Waals surface area contributed by atoms with Crippen LogP contribution in [0, 0.1) is 0 Å². The van der Waals surface area contributed by atoms with Gasteiger partial charge in [0, 0.05) is 42.9 Å². The summed E-state index contributed by atoms with van der Waals surface area (Å²) < 4.78 is 0. The van der Waals surface area contributed by atoms with Crippen LogP contribution in [0.15, 0.2) is 23.1 Å². The highest BCUT2D eigenvalue weighted by atomic mass is 32.2. The normalized spacial score (nSPS) is 18.7. The van der Waals surface area contributed by atoms with E-state index >= 15 is 0 Å². The number of carbonyl (C=O) groups is 4. The van der Waals surface area contributed by atoms with E-state index in [9.17, 15) is 19.2 Å². The van der Waals surface area contributed by atoms with Crippen molar-refractivity contribution in [1.82, 2.24) is 15.1 Å². The zero-order valence-corrected chi connectivity index (χ0v) is 21.7. The lowest BCUT2D eigenvalue weighted by Gasteiger charge is -2.30. The maximum atomic E-state index is 12.2. The molecule has 3 amide bonds. The molecule has 1 unspecified atom stereocenters. The SMILES string of the molecule is CN(Cc1c(C=O)cccc1SCCCCCCCCN1CCCCC1=O)C1CCC(=O)NC1=O. The highest BCUT2D eigenvalue weighted by Crippen LogP contribution is 2.28. The lowest BCUT2D eigenvalue weighted by atomic mass is 10.0. The first-order chi connectivity index (χ1) is 17.0. The molecule has 3 rings (SSSR count). The lowest BCUT2D eigenvalue weighted by Crippen LogP contribution is -2.51. The maximum Gasteiger partial charge on any atom is 0.243 e. The van der Waals surface area contributed by atoms with E-state index < -0.39 is 0 Å². The third kappa shape index (κ3) is 8.46. The minimum atomic E-state index is -0.363. The number of thioether (sulfide) groups is 1. The molecular formula is C27H39N3O4S. The number of imide groups is 1. The number of nitrogens with zero attached hydrogens (tertiary/aromatic N) is 2. The topological polar surface area (TPSA) is 86.8 Å². The van der Waals surface area contributed by atoms with E-state index in [0.29, 0.717) is 30.9 Å². The maximum absolute atomic E-state index is 12.2. The molecule has 0 spiro atoms. The molecule has 192 valence electrons. The van der Waals surface area contributed by atoms with Crippen molar-refractivity contribution in [1.29, 1.82) is 0 Å². The minimum Gasteiger partial charge on any atom is -0.343 e. The van der Waals surface area contributed by atoms with Gasteiger partial charge in [0.05, 0.1) is 6.04 Å². The monoisotopic (exact) mass is 501 g/mol. The predicted molar refractivity (Wildman–Crippen MR) is 138 cm³/mol. The summed E-state index contributed by atoms with van der Waals surface area (Å²) in [6.45, 7) is 2.34. The van der Waals surface area contributed by atoms with E-state index in [1.807, 2.05) is 35.0 Å². The molecule has 0 radical (unpaired) electrons. The summed E-state index contributed by atoms with van der Waals surface area (Å²) in [6, 6.07) is 5.42. The fourth-order valence-corrected chi connectivity index (χ4v) is 5.95. The van der Waals surface area contributed by atoms with E-state index in [2.05, 4.69) is 5.32 Å². The number of likely N-dealkylation sites (tertiary alicyclic amines) is 1. The molecule has 2 saturated heterocycles. The first-order valence-electron chi connectivity index (χ1n) is 13.0. The average molecular weight is 502 g/mol. The average Bonchev–Trinajstić information content (AvgIpc) is 2.84. The van der Waals surface area contributed by atoms with Crippen LogP contribution < -0.4 is 5.32 Å². The fourth-order valence-electron chi connectivity index (χ4n) is 4.85. The van der Waals surface area contributed by atoms with Crippen molar-refractivity contribution in [3.05, 3.63) is 29.3 Å². The zero-order valence-electron chi connectivity index (χ0n) is 20.9. The molecule has 35 heavy (non-hydrogen) atoms. The molecule has 1 N–H and O–H groups in total.